The van der Waals surface area contributed by atoms with Crippen LogP contribution in [0.15, 0.2) is 60.0 Å². The number of anilines is 1. The number of nitrogens with zero attached hydrogens (tertiary/aromatic N) is 6. The molecule has 1 aromatic carbocycles. The fraction of sp³-hybridized carbons (Fsp3) is 0.300. The van der Waals surface area contributed by atoms with Crippen molar-refractivity contribution in [3.8, 4) is 16.9 Å². The highest BCUT2D eigenvalue weighted by atomic mass is 35.5. The molecule has 0 bridgehead atoms. The van der Waals surface area contributed by atoms with E-state index in [4.69, 9.17) is 11.6 Å². The van der Waals surface area contributed by atoms with Crippen LogP contribution in [0.4, 0.5) is 23.4 Å². The molecule has 3 aromatic heterocycles. The van der Waals surface area contributed by atoms with Crippen molar-refractivity contribution < 1.29 is 22.4 Å². The highest BCUT2D eigenvalue weighted by molar-refractivity contribution is 6.33. The zero-order chi connectivity index (χ0) is 31.2. The molecule has 4 aromatic rings. The lowest BCUT2D eigenvalue weighted by Crippen LogP contribution is -2.60. The van der Waals surface area contributed by atoms with Gasteiger partial charge in [0.15, 0.2) is 5.65 Å². The summed E-state index contributed by atoms with van der Waals surface area (Å²) in [5, 5.41) is -0.0118. The Bertz CT molecular complexity index is 1810. The molecule has 5 rings (SSSR count). The molecule has 8 nitrogen and oxygen atoms in total. The molecule has 1 unspecified atom stereocenters. The minimum Gasteiger partial charge on any atom is -0.341 e. The molecule has 43 heavy (non-hydrogen) atoms. The highest BCUT2D eigenvalue weighted by Crippen LogP contribution is 2.38. The number of pyridine rings is 2. The minimum atomic E-state index is -4.79. The average molecular weight is 615 g/mol. The van der Waals surface area contributed by atoms with E-state index in [-0.39, 0.29) is 52.1 Å². The highest BCUT2D eigenvalue weighted by Gasteiger charge is 2.48. The molecule has 4 heterocycles. The number of fused-ring (bicyclic) bond motifs is 1. The van der Waals surface area contributed by atoms with Crippen LogP contribution in [0.1, 0.15) is 31.0 Å². The second-order valence-corrected chi connectivity index (χ2v) is 10.9. The lowest BCUT2D eigenvalue weighted by molar-refractivity contribution is -0.159. The molecular formula is C30H27ClF4N6O2. The number of piperazine rings is 1. The van der Waals surface area contributed by atoms with Gasteiger partial charge in [-0.2, -0.15) is 18.2 Å². The van der Waals surface area contributed by atoms with Crippen molar-refractivity contribution in [3.05, 3.63) is 87.8 Å². The van der Waals surface area contributed by atoms with E-state index in [2.05, 4.69) is 21.5 Å². The zero-order valence-corrected chi connectivity index (χ0v) is 24.2. The Kier molecular flexibility index (Phi) is 7.99. The summed E-state index contributed by atoms with van der Waals surface area (Å²) in [6.45, 7) is 7.84. The van der Waals surface area contributed by atoms with Crippen LogP contribution in [0.3, 0.4) is 0 Å². The van der Waals surface area contributed by atoms with Crippen LogP contribution in [0, 0.1) is 12.7 Å². The first kappa shape index (κ1) is 30.1. The number of aryl methyl sites for hydroxylation is 1. The second kappa shape index (κ2) is 11.4. The molecule has 1 atom stereocenters. The van der Waals surface area contributed by atoms with Crippen molar-refractivity contribution in [2.75, 3.05) is 24.5 Å². The Morgan fingerprint density at radius 2 is 1.88 bits per heavy atom. The van der Waals surface area contributed by atoms with Gasteiger partial charge in [0.2, 0.25) is 5.91 Å². The Balaban J connectivity index is 1.85. The Morgan fingerprint density at radius 1 is 1.16 bits per heavy atom. The van der Waals surface area contributed by atoms with Crippen molar-refractivity contribution in [1.29, 1.82) is 0 Å². The predicted octanol–water partition coefficient (Wildman–Crippen LogP) is 5.83. The summed E-state index contributed by atoms with van der Waals surface area (Å²) in [5.74, 6) is -1.72. The van der Waals surface area contributed by atoms with Crippen LogP contribution in [0.5, 0.6) is 0 Å². The molecule has 1 aliphatic heterocycles. The molecule has 1 amide bonds. The number of carbonyl (C=O) groups excluding carboxylic acids is 1. The van der Waals surface area contributed by atoms with Crippen molar-refractivity contribution in [3.63, 3.8) is 0 Å². The van der Waals surface area contributed by atoms with Crippen LogP contribution < -0.4 is 10.6 Å². The van der Waals surface area contributed by atoms with E-state index in [9.17, 15) is 27.2 Å². The SMILES string of the molecule is C=CC(=O)N1CCN(c2nc(=O)n(-c3c(C)ccnc3C(C)C)c3nc(-c4ccccc4F)c(Cl)cc23)C(C(F)(F)F)C1. The van der Waals surface area contributed by atoms with Gasteiger partial charge in [-0.15, -0.1) is 0 Å². The van der Waals surface area contributed by atoms with Gasteiger partial charge in [-0.1, -0.05) is 44.2 Å². The number of halogens is 5. The summed E-state index contributed by atoms with van der Waals surface area (Å²) in [7, 11) is 0. The molecule has 0 N–H and O–H groups in total. The monoisotopic (exact) mass is 614 g/mol. The standard InChI is InChI=1S/C30H27ClF4N6O2/c1-5-23(42)39-12-13-40(22(15-39)30(33,34)35)27-19-14-20(31)25(18-8-6-7-9-21(18)32)37-28(19)41(29(43)38-27)26-17(4)10-11-36-24(26)16(2)3/h5-11,14,16,22H,1,12-13,15H2,2-4H3. The fourth-order valence-corrected chi connectivity index (χ4v) is 5.55. The number of hydrogen-bond acceptors (Lipinski definition) is 6. The number of benzene rings is 1. The van der Waals surface area contributed by atoms with Gasteiger partial charge in [0.25, 0.3) is 0 Å². The molecule has 0 radical (unpaired) electrons. The van der Waals surface area contributed by atoms with Crippen LogP contribution in [-0.2, 0) is 4.79 Å². The van der Waals surface area contributed by atoms with Crippen molar-refractivity contribution in [2.45, 2.75) is 38.9 Å². The smallest absolute Gasteiger partial charge is 0.341 e. The molecule has 0 spiro atoms. The van der Waals surface area contributed by atoms with Gasteiger partial charge in [0.1, 0.15) is 17.7 Å². The summed E-state index contributed by atoms with van der Waals surface area (Å²) in [6, 6.07) is 6.62. The van der Waals surface area contributed by atoms with Crippen molar-refractivity contribution in [2.24, 2.45) is 0 Å². The third kappa shape index (κ3) is 5.47. The first-order valence-electron chi connectivity index (χ1n) is 13.4. The van der Waals surface area contributed by atoms with Crippen LogP contribution in [0.2, 0.25) is 5.02 Å². The lowest BCUT2D eigenvalue weighted by atomic mass is 10.0. The van der Waals surface area contributed by atoms with E-state index < -0.39 is 36.2 Å². The topological polar surface area (TPSA) is 84.2 Å². The lowest BCUT2D eigenvalue weighted by Gasteiger charge is -2.42. The molecule has 0 saturated carbocycles. The summed E-state index contributed by atoms with van der Waals surface area (Å²) in [4.78, 5) is 41.3. The quantitative estimate of drug-likeness (QED) is 0.208. The molecule has 1 aliphatic rings. The number of carbonyl (C=O) groups is 1. The van der Waals surface area contributed by atoms with Crippen LogP contribution >= 0.6 is 11.6 Å². The Labute approximate surface area is 249 Å². The summed E-state index contributed by atoms with van der Waals surface area (Å²) >= 11 is 6.62. The minimum absolute atomic E-state index is 0.000947. The molecule has 0 aliphatic carbocycles. The van der Waals surface area contributed by atoms with Gasteiger partial charge in [-0.3, -0.25) is 9.78 Å². The maximum atomic E-state index is 14.9. The van der Waals surface area contributed by atoms with E-state index >= 15 is 0 Å². The van der Waals surface area contributed by atoms with Gasteiger partial charge >= 0.3 is 11.9 Å². The van der Waals surface area contributed by atoms with Crippen LogP contribution in [-0.4, -0.2) is 62.2 Å². The van der Waals surface area contributed by atoms with Crippen molar-refractivity contribution in [1.82, 2.24) is 24.4 Å². The summed E-state index contributed by atoms with van der Waals surface area (Å²) < 4.78 is 59.5. The maximum absolute atomic E-state index is 14.9. The maximum Gasteiger partial charge on any atom is 0.410 e. The van der Waals surface area contributed by atoms with E-state index in [0.29, 0.717) is 16.9 Å². The number of rotatable bonds is 5. The molecule has 1 fully saturated rings. The predicted molar refractivity (Wildman–Crippen MR) is 156 cm³/mol. The van der Waals surface area contributed by atoms with E-state index in [0.717, 1.165) is 15.9 Å². The van der Waals surface area contributed by atoms with Gasteiger partial charge in [-0.05, 0) is 48.7 Å². The second-order valence-electron chi connectivity index (χ2n) is 10.5. The molecule has 224 valence electrons. The van der Waals surface area contributed by atoms with E-state index in [1.54, 1.807) is 25.3 Å². The third-order valence-corrected chi connectivity index (χ3v) is 7.66. The first-order valence-corrected chi connectivity index (χ1v) is 13.8. The van der Waals surface area contributed by atoms with Gasteiger partial charge < -0.3 is 9.80 Å². The first-order chi connectivity index (χ1) is 20.3. The number of alkyl halides is 3. The van der Waals surface area contributed by atoms with E-state index in [1.807, 2.05) is 13.8 Å². The van der Waals surface area contributed by atoms with E-state index in [1.165, 1.54) is 28.8 Å². The van der Waals surface area contributed by atoms with Crippen molar-refractivity contribution >= 4 is 34.4 Å². The fourth-order valence-electron chi connectivity index (χ4n) is 5.30. The number of aromatic nitrogens is 4. The largest absolute Gasteiger partial charge is 0.410 e. The summed E-state index contributed by atoms with van der Waals surface area (Å²) in [5.41, 5.74) is 0.621. The normalized spacial score (nSPS) is 15.8. The summed E-state index contributed by atoms with van der Waals surface area (Å²) in [6.07, 6.45) is -2.25. The number of hydrogen-bond donors (Lipinski definition) is 0. The Hall–Kier alpha value is -4.32. The molecule has 13 heteroatoms. The molecular weight excluding hydrogens is 588 g/mol. The van der Waals surface area contributed by atoms with Gasteiger partial charge in [0, 0.05) is 24.8 Å². The third-order valence-electron chi connectivity index (χ3n) is 7.37. The van der Waals surface area contributed by atoms with Gasteiger partial charge in [-0.25, -0.2) is 18.7 Å². The molecule has 1 saturated heterocycles. The number of amides is 1. The zero-order valence-electron chi connectivity index (χ0n) is 23.5. The Morgan fingerprint density at radius 3 is 2.53 bits per heavy atom. The average Bonchev–Trinajstić information content (AvgIpc) is 2.96. The van der Waals surface area contributed by atoms with Crippen LogP contribution in [0.25, 0.3) is 28.0 Å². The van der Waals surface area contributed by atoms with Gasteiger partial charge in [0.05, 0.1) is 34.0 Å².